The first-order valence-corrected chi connectivity index (χ1v) is 36.8. The van der Waals surface area contributed by atoms with Gasteiger partial charge in [0.1, 0.15) is 6.61 Å². The van der Waals surface area contributed by atoms with Gasteiger partial charge >= 0.3 is 12.1 Å². The maximum atomic E-state index is 14.9. The number of nitrogens with zero attached hydrogens (tertiary/aromatic N) is 4. The highest BCUT2D eigenvalue weighted by Crippen LogP contribution is 2.33. The van der Waals surface area contributed by atoms with Crippen molar-refractivity contribution in [3.8, 4) is 0 Å². The van der Waals surface area contributed by atoms with Crippen LogP contribution in [0.15, 0.2) is 54.6 Å². The Morgan fingerprint density at radius 2 is 1.43 bits per heavy atom. The van der Waals surface area contributed by atoms with E-state index in [2.05, 4.69) is 28.2 Å². The number of methoxy groups -OCH3 is 2. The molecule has 4 rings (SSSR count). The molecule has 0 aromatic heterocycles. The number of ether oxygens (including phenoxy) is 3. The van der Waals surface area contributed by atoms with Crippen LogP contribution in [0.1, 0.15) is 190 Å². The molecule has 7 N–H and O–H groups in total. The molecule has 13 atom stereocenters. The van der Waals surface area contributed by atoms with Gasteiger partial charge in [-0.3, -0.25) is 48.1 Å². The summed E-state index contributed by atoms with van der Waals surface area (Å²) in [6.45, 7) is 21.2. The fourth-order valence-electron chi connectivity index (χ4n) is 13.5. The normalized spacial score (nSPS) is 18.1. The van der Waals surface area contributed by atoms with Crippen LogP contribution in [0, 0.1) is 41.4 Å². The average Bonchev–Trinajstić information content (AvgIpc) is 1.80. The van der Waals surface area contributed by atoms with Crippen LogP contribution in [0.25, 0.3) is 0 Å². The SMILES string of the molecule is CCCCSC1CC(=O)N(CCCCCC(=O)N[C@H](C(=O)C[C@@H](CCCNC(N)=O)C(=O)Nc2ccc(COC(=O)N(C)[C@H](C(=O)C[C@H](C(=O)N(C)[C@@H]([C@@H](C)CC)[C@@H](CC(=O)N3CCC[C@H]3[C@H](OC)[C@@H](C)C(=O)N[C@H](C)[C@@H](O)c3ccccc3)OC)C(C)C)C(C)C)cc2)C(C)C)C1=O. The van der Waals surface area contributed by atoms with Crippen molar-refractivity contribution in [2.75, 3.05) is 59.0 Å². The lowest BCUT2D eigenvalue weighted by molar-refractivity contribution is -0.149. The van der Waals surface area contributed by atoms with Gasteiger partial charge in [0, 0.05) is 91.2 Å². The number of thioether (sulfide) groups is 1. The van der Waals surface area contributed by atoms with Gasteiger partial charge in [0.05, 0.1) is 66.1 Å². The number of aliphatic hydroxyl groups excluding tert-OH is 1. The number of likely N-dealkylation sites (tertiary alicyclic amines) is 2. The van der Waals surface area contributed by atoms with Crippen LogP contribution in [-0.4, -0.2) is 191 Å². The number of urea groups is 1. The van der Waals surface area contributed by atoms with Gasteiger partial charge in [-0.15, -0.1) is 11.8 Å². The summed E-state index contributed by atoms with van der Waals surface area (Å²) in [7, 11) is 6.20. The number of rotatable bonds is 44. The Hall–Kier alpha value is -6.96. The largest absolute Gasteiger partial charge is 0.445 e. The van der Waals surface area contributed by atoms with Gasteiger partial charge in [-0.05, 0) is 105 Å². The second kappa shape index (κ2) is 42.3. The van der Waals surface area contributed by atoms with Crippen molar-refractivity contribution < 1.29 is 72.1 Å². The van der Waals surface area contributed by atoms with Crippen molar-refractivity contribution >= 4 is 82.5 Å². The van der Waals surface area contributed by atoms with E-state index < -0.39 is 84.3 Å². The predicted molar refractivity (Wildman–Crippen MR) is 382 cm³/mol. The van der Waals surface area contributed by atoms with Crippen molar-refractivity contribution in [3.05, 3.63) is 65.7 Å². The maximum absolute atomic E-state index is 14.9. The molecule has 1 unspecified atom stereocenters. The number of primary amides is 1. The first-order chi connectivity index (χ1) is 46.9. The Bertz CT molecular complexity index is 2960. The van der Waals surface area contributed by atoms with Crippen LogP contribution in [-0.2, 0) is 64.0 Å². The summed E-state index contributed by atoms with van der Waals surface area (Å²) in [6.07, 6.45) is 2.84. The molecule has 0 saturated carbocycles. The Balaban J connectivity index is 1.36. The second-order valence-corrected chi connectivity index (χ2v) is 29.3. The number of benzene rings is 2. The van der Waals surface area contributed by atoms with Crippen LogP contribution < -0.4 is 27.0 Å². The lowest BCUT2D eigenvalue weighted by Gasteiger charge is -2.41. The number of nitrogens with two attached hydrogens (primary N) is 1. The zero-order valence-electron chi connectivity index (χ0n) is 61.5. The molecular formula is C74H117N9O15S. The number of imide groups is 1. The van der Waals surface area contributed by atoms with E-state index in [4.69, 9.17) is 19.9 Å². The lowest BCUT2D eigenvalue weighted by atomic mass is 9.83. The molecule has 0 spiro atoms. The van der Waals surface area contributed by atoms with Crippen LogP contribution in [0.5, 0.6) is 0 Å². The van der Waals surface area contributed by atoms with E-state index in [-0.39, 0.29) is 128 Å². The summed E-state index contributed by atoms with van der Waals surface area (Å²) in [5.74, 6) is -5.29. The monoisotopic (exact) mass is 1400 g/mol. The Morgan fingerprint density at radius 1 is 0.758 bits per heavy atom. The fraction of sp³-hybridized carbons (Fsp3) is 0.689. The molecule has 2 aromatic carbocycles. The number of unbranched alkanes of at least 4 members (excludes halogenated alkanes) is 3. The first kappa shape index (κ1) is 84.5. The standard InChI is InChI=1S/C74H117N9O15S/c1-16-18-39-99-60-43-63(88)83(72(60)93)37-24-20-23-31-61(86)79-64(46(5)6)57(84)40-53(29-25-36-76-73(75)94)70(91)78-54-34-32-51(33-35-54)44-98-74(95)81(13)65(47(7)8)58(85)41-55(45(3)4)71(92)80(12)66(48(9)17-2)59(96-14)42-62(87)82-38-26-30-56(82)68(97-15)49(10)69(90)77-50(11)67(89)52-27-21-19-22-28-52/h19,21-22,27-28,32-35,45-50,53,55-56,59-60,64-68,89H,16-18,20,23-26,29-31,36-44H2,1-15H3,(H,77,90)(H,78,91)(H,79,86)(H3,75,76,94)/t48-,49+,50+,53+,55-,56-,59+,60?,64-,65-,66-,67+,68+/m0/s1. The lowest BCUT2D eigenvalue weighted by Crippen LogP contribution is -2.55. The minimum absolute atomic E-state index is 0.0693. The van der Waals surface area contributed by atoms with E-state index in [1.54, 1.807) is 80.9 Å². The van der Waals surface area contributed by atoms with Crippen LogP contribution >= 0.6 is 11.8 Å². The molecule has 2 saturated heterocycles. The summed E-state index contributed by atoms with van der Waals surface area (Å²) in [5.41, 5.74) is 6.91. The zero-order valence-corrected chi connectivity index (χ0v) is 62.3. The third-order valence-corrected chi connectivity index (χ3v) is 20.8. The highest BCUT2D eigenvalue weighted by atomic mass is 32.2. The molecule has 24 nitrogen and oxygen atoms in total. The predicted octanol–water partition coefficient (Wildman–Crippen LogP) is 8.99. The summed E-state index contributed by atoms with van der Waals surface area (Å²) >= 11 is 1.53. The molecule has 0 bridgehead atoms. The average molecular weight is 1400 g/mol. The topological polar surface area (TPSA) is 323 Å². The molecule has 554 valence electrons. The van der Waals surface area contributed by atoms with Gasteiger partial charge in [0.15, 0.2) is 11.6 Å². The molecule has 2 aromatic rings. The van der Waals surface area contributed by atoms with Crippen LogP contribution in [0.3, 0.4) is 0 Å². The van der Waals surface area contributed by atoms with E-state index in [0.717, 1.165) is 18.6 Å². The smallest absolute Gasteiger partial charge is 0.410 e. The molecule has 0 aliphatic carbocycles. The third-order valence-electron chi connectivity index (χ3n) is 19.5. The van der Waals surface area contributed by atoms with Crippen molar-refractivity contribution in [2.24, 2.45) is 47.2 Å². The highest BCUT2D eigenvalue weighted by Gasteiger charge is 2.45. The summed E-state index contributed by atoms with van der Waals surface area (Å²) < 4.78 is 17.8. The number of anilines is 1. The van der Waals surface area contributed by atoms with Gasteiger partial charge in [-0.25, -0.2) is 9.59 Å². The number of aliphatic hydroxyl groups is 1. The Labute approximate surface area is 592 Å². The molecule has 2 heterocycles. The number of nitrogens with one attached hydrogen (secondary N) is 4. The number of likely N-dealkylation sites (N-methyl/N-ethyl adjacent to an activating group) is 2. The number of Topliss-reactive ketones (excluding diaryl/α,β-unsaturated/α-hetero) is 2. The Morgan fingerprint density at radius 3 is 2.03 bits per heavy atom. The quantitative estimate of drug-likeness (QED) is 0.0266. The first-order valence-electron chi connectivity index (χ1n) is 35.7. The summed E-state index contributed by atoms with van der Waals surface area (Å²) in [5, 5.41) is 21.8. The van der Waals surface area contributed by atoms with Crippen molar-refractivity contribution in [2.45, 2.75) is 233 Å². The molecule has 2 aliphatic rings. The number of ketones is 2. The number of hydrogen-bond acceptors (Lipinski definition) is 16. The van der Waals surface area contributed by atoms with Gasteiger partial charge in [0.25, 0.3) is 0 Å². The van der Waals surface area contributed by atoms with Crippen molar-refractivity contribution in [1.82, 2.24) is 35.6 Å². The number of amides is 10. The van der Waals surface area contributed by atoms with Crippen molar-refractivity contribution in [3.63, 3.8) is 0 Å². The van der Waals surface area contributed by atoms with E-state index >= 15 is 0 Å². The summed E-state index contributed by atoms with van der Waals surface area (Å²) in [6, 6.07) is 11.4. The molecule has 10 amide bonds. The van der Waals surface area contributed by atoms with Gasteiger partial charge in [-0.1, -0.05) is 131 Å². The molecule has 0 radical (unpaired) electrons. The third kappa shape index (κ3) is 25.6. The molecule has 2 fully saturated rings. The van der Waals surface area contributed by atoms with Gasteiger partial charge in [-0.2, -0.15) is 0 Å². The second-order valence-electron chi connectivity index (χ2n) is 28.0. The molecule has 25 heteroatoms. The number of hydrogen-bond donors (Lipinski definition) is 6. The van der Waals surface area contributed by atoms with E-state index in [1.165, 1.54) is 42.8 Å². The van der Waals surface area contributed by atoms with E-state index in [1.807, 2.05) is 59.7 Å². The molecule has 99 heavy (non-hydrogen) atoms. The van der Waals surface area contributed by atoms with Gasteiger partial charge < -0.3 is 61.0 Å². The van der Waals surface area contributed by atoms with Gasteiger partial charge in [0.2, 0.25) is 41.4 Å². The van der Waals surface area contributed by atoms with Crippen LogP contribution in [0.2, 0.25) is 0 Å². The molecular weight excluding hydrogens is 1290 g/mol. The number of carbonyl (C=O) groups is 11. The maximum Gasteiger partial charge on any atom is 0.410 e. The van der Waals surface area contributed by atoms with E-state index in [0.29, 0.717) is 74.8 Å². The molecule has 2 aliphatic heterocycles. The summed E-state index contributed by atoms with van der Waals surface area (Å²) in [4.78, 5) is 155. The minimum atomic E-state index is -0.970. The number of carbonyl (C=O) groups excluding carboxylic acids is 11. The zero-order chi connectivity index (χ0) is 73.8. The Kier molecular flexibility index (Phi) is 36.1. The van der Waals surface area contributed by atoms with E-state index in [9.17, 15) is 57.8 Å². The minimum Gasteiger partial charge on any atom is -0.445 e. The highest BCUT2D eigenvalue weighted by molar-refractivity contribution is 8.00. The fourth-order valence-corrected chi connectivity index (χ4v) is 14.7. The van der Waals surface area contributed by atoms with Crippen molar-refractivity contribution in [1.29, 1.82) is 0 Å². The van der Waals surface area contributed by atoms with Crippen LogP contribution in [0.4, 0.5) is 15.3 Å².